The first-order valence-corrected chi connectivity index (χ1v) is 0. The maximum Gasteiger partial charge on any atom is 0.187 e. The number of hydrogen-bond acceptors (Lipinski definition) is 0. The van der Waals surface area contributed by atoms with E-state index in [-0.39, 0.29) is 84.8 Å². The van der Waals surface area contributed by atoms with Crippen LogP contribution in [-0.4, -0.2) is 34.7 Å². The van der Waals surface area contributed by atoms with E-state index >= 15 is 0 Å². The minimum absolute atomic E-state index is 0. The molecule has 0 bridgehead atoms. The Labute approximate surface area is 83.8 Å². The Morgan fingerprint density at radius 3 is 0.600 bits per heavy atom. The first-order valence-electron chi connectivity index (χ1n) is 0. The SMILES string of the molecule is [AlH3].[AlH3].[Cu].[Ni].[Ni]. The molecule has 0 aromatic rings. The van der Waals surface area contributed by atoms with Crippen LogP contribution in [0.1, 0.15) is 0 Å². The summed E-state index contributed by atoms with van der Waals surface area (Å²) in [5.41, 5.74) is 0. The van der Waals surface area contributed by atoms with Crippen LogP contribution in [0.25, 0.3) is 0 Å². The van der Waals surface area contributed by atoms with Gasteiger partial charge in [-0.25, -0.2) is 0 Å². The molecule has 0 aliphatic rings. The largest absolute Gasteiger partial charge is 0.187 e. The van der Waals surface area contributed by atoms with Crippen molar-refractivity contribution < 1.29 is 50.1 Å². The fraction of sp³-hybridized carbons (Fsp3) is 0. The Kier molecular flexibility index (Phi) is 305. The number of rotatable bonds is 0. The van der Waals surface area contributed by atoms with E-state index < -0.39 is 0 Å². The Morgan fingerprint density at radius 2 is 0.600 bits per heavy atom. The zero-order valence-corrected chi connectivity index (χ0v) is 3.85. The molecule has 0 saturated heterocycles. The van der Waals surface area contributed by atoms with Crippen LogP contribution in [0, 0.1) is 0 Å². The predicted octanol–water partition coefficient (Wildman–Crippen LogP) is -2.38. The van der Waals surface area contributed by atoms with Crippen molar-refractivity contribution in [2.24, 2.45) is 0 Å². The quantitative estimate of drug-likeness (QED) is 0.416. The van der Waals surface area contributed by atoms with Crippen molar-refractivity contribution in [3.63, 3.8) is 0 Å². The molecule has 0 aromatic heterocycles. The Bertz CT molecular complexity index is 7.61. The van der Waals surface area contributed by atoms with Crippen LogP contribution >= 0.6 is 0 Å². The monoisotopic (exact) mass is 239 g/mol. The smallest absolute Gasteiger partial charge is 0 e. The molecule has 0 unspecified atom stereocenters. The van der Waals surface area contributed by atoms with Crippen LogP contribution < -0.4 is 0 Å². The number of hydrogen-bond donors (Lipinski definition) is 0. The fourth-order valence-electron chi connectivity index (χ4n) is 0. The van der Waals surface area contributed by atoms with Gasteiger partial charge in [-0.15, -0.1) is 0 Å². The molecule has 5 heavy (non-hydrogen) atoms. The zero-order valence-electron chi connectivity index (χ0n) is 0.934. The summed E-state index contributed by atoms with van der Waals surface area (Å²) in [6.45, 7) is 0. The van der Waals surface area contributed by atoms with Gasteiger partial charge in [0.2, 0.25) is 0 Å². The summed E-state index contributed by atoms with van der Waals surface area (Å²) >= 11 is 0. The average Bonchev–Trinajstić information content (AvgIpc) is 0. The molecular weight excluding hydrogens is 235 g/mol. The van der Waals surface area contributed by atoms with E-state index in [9.17, 15) is 0 Å². The van der Waals surface area contributed by atoms with E-state index in [0.29, 0.717) is 0 Å². The molecular formula is H6Al2CuNi2. The van der Waals surface area contributed by atoms with Crippen molar-refractivity contribution in [2.75, 3.05) is 0 Å². The second-order valence-corrected chi connectivity index (χ2v) is 0. The summed E-state index contributed by atoms with van der Waals surface area (Å²) in [4.78, 5) is 0. The van der Waals surface area contributed by atoms with Crippen LogP contribution in [-0.2, 0) is 50.1 Å². The van der Waals surface area contributed by atoms with Crippen molar-refractivity contribution in [3.8, 4) is 0 Å². The molecule has 0 fully saturated rings. The van der Waals surface area contributed by atoms with E-state index in [0.717, 1.165) is 0 Å². The first kappa shape index (κ1) is 49.4. The van der Waals surface area contributed by atoms with Gasteiger partial charge in [0, 0.05) is 50.1 Å². The van der Waals surface area contributed by atoms with E-state index in [2.05, 4.69) is 0 Å². The van der Waals surface area contributed by atoms with Crippen molar-refractivity contribution in [1.82, 2.24) is 0 Å². The van der Waals surface area contributed by atoms with E-state index in [1.54, 1.807) is 0 Å². The van der Waals surface area contributed by atoms with Crippen LogP contribution in [0.4, 0.5) is 0 Å². The van der Waals surface area contributed by atoms with Gasteiger partial charge in [-0.3, -0.25) is 0 Å². The summed E-state index contributed by atoms with van der Waals surface area (Å²) in [5.74, 6) is 0. The minimum atomic E-state index is 0. The maximum atomic E-state index is 0. The molecule has 43 valence electrons. The molecule has 0 saturated carbocycles. The van der Waals surface area contributed by atoms with Gasteiger partial charge in [-0.05, 0) is 0 Å². The summed E-state index contributed by atoms with van der Waals surface area (Å²) in [6, 6.07) is 0. The molecule has 0 spiro atoms. The summed E-state index contributed by atoms with van der Waals surface area (Å²) in [5, 5.41) is 0. The first-order chi connectivity index (χ1) is 0. The molecule has 0 rings (SSSR count). The van der Waals surface area contributed by atoms with Gasteiger partial charge in [-0.1, -0.05) is 0 Å². The fourth-order valence-corrected chi connectivity index (χ4v) is 0. The topological polar surface area (TPSA) is 0 Å². The molecule has 5 heteroatoms. The van der Waals surface area contributed by atoms with Crippen molar-refractivity contribution in [3.05, 3.63) is 0 Å². The summed E-state index contributed by atoms with van der Waals surface area (Å²) in [7, 11) is 0. The Balaban J connectivity index is 0. The molecule has 1 radical (unpaired) electrons. The minimum Gasteiger partial charge on any atom is 0 e. The van der Waals surface area contributed by atoms with Crippen LogP contribution in [0.5, 0.6) is 0 Å². The Morgan fingerprint density at radius 1 is 0.600 bits per heavy atom. The average molecular weight is 241 g/mol. The van der Waals surface area contributed by atoms with Gasteiger partial charge < -0.3 is 0 Å². The second kappa shape index (κ2) is 30.8. The molecule has 0 heterocycles. The van der Waals surface area contributed by atoms with E-state index in [4.69, 9.17) is 0 Å². The molecule has 0 amide bonds. The third-order valence-electron chi connectivity index (χ3n) is 0. The van der Waals surface area contributed by atoms with Crippen molar-refractivity contribution >= 4 is 34.7 Å². The normalized spacial score (nSPS) is 0. The van der Waals surface area contributed by atoms with E-state index in [1.165, 1.54) is 0 Å². The zero-order chi connectivity index (χ0) is 0. The summed E-state index contributed by atoms with van der Waals surface area (Å²) in [6.07, 6.45) is 0. The maximum absolute atomic E-state index is 0. The van der Waals surface area contributed by atoms with Gasteiger partial charge in [0.05, 0.1) is 0 Å². The molecule has 0 aromatic carbocycles. The molecule has 0 aliphatic heterocycles. The van der Waals surface area contributed by atoms with Crippen molar-refractivity contribution in [2.45, 2.75) is 0 Å². The third-order valence-corrected chi connectivity index (χ3v) is 0. The molecule has 0 N–H and O–H groups in total. The van der Waals surface area contributed by atoms with Crippen molar-refractivity contribution in [1.29, 1.82) is 0 Å². The molecule has 0 atom stereocenters. The van der Waals surface area contributed by atoms with Crippen LogP contribution in [0.15, 0.2) is 0 Å². The van der Waals surface area contributed by atoms with Gasteiger partial charge in [0.1, 0.15) is 0 Å². The van der Waals surface area contributed by atoms with Gasteiger partial charge in [0.15, 0.2) is 34.7 Å². The Hall–Kier alpha value is 2.57. The standard InChI is InChI=1S/2Al.Cu.2Ni.6H. The second-order valence-electron chi connectivity index (χ2n) is 0. The van der Waals surface area contributed by atoms with Gasteiger partial charge in [-0.2, -0.15) is 0 Å². The molecule has 0 aliphatic carbocycles. The van der Waals surface area contributed by atoms with Gasteiger partial charge >= 0.3 is 0 Å². The van der Waals surface area contributed by atoms with Crippen LogP contribution in [0.2, 0.25) is 0 Å². The van der Waals surface area contributed by atoms with Crippen LogP contribution in [0.3, 0.4) is 0 Å². The predicted molar refractivity (Wildman–Crippen MR) is 19.9 cm³/mol. The van der Waals surface area contributed by atoms with Gasteiger partial charge in [0.25, 0.3) is 0 Å². The van der Waals surface area contributed by atoms with E-state index in [1.807, 2.05) is 0 Å². The summed E-state index contributed by atoms with van der Waals surface area (Å²) < 4.78 is 0. The third kappa shape index (κ3) is 20.8. The molecule has 0 nitrogen and oxygen atoms in total.